The molecule has 2 nitrogen and oxygen atoms in total. The van der Waals surface area contributed by atoms with Gasteiger partial charge in [0.1, 0.15) is 11.9 Å². The van der Waals surface area contributed by atoms with Gasteiger partial charge in [-0.05, 0) is 17.2 Å². The van der Waals surface area contributed by atoms with E-state index in [0.29, 0.717) is 5.56 Å². The maximum Gasteiger partial charge on any atom is 0.145 e. The fourth-order valence-electron chi connectivity index (χ4n) is 1.92. The topological polar surface area (TPSA) is 40.5 Å². The molecule has 2 aromatic carbocycles. The minimum Gasteiger partial charge on any atom is -0.390 e. The van der Waals surface area contributed by atoms with E-state index in [1.807, 2.05) is 6.07 Å². The molecule has 4 heteroatoms. The molecule has 0 fully saturated rings. The summed E-state index contributed by atoms with van der Waals surface area (Å²) >= 11 is 5.67. The zero-order chi connectivity index (χ0) is 13.8. The Kier molecular flexibility index (Phi) is 4.53. The van der Waals surface area contributed by atoms with Gasteiger partial charge in [-0.2, -0.15) is 0 Å². The van der Waals surface area contributed by atoms with Crippen LogP contribution in [0.25, 0.3) is 0 Å². The van der Waals surface area contributed by atoms with Crippen LogP contribution in [0.3, 0.4) is 0 Å². The highest BCUT2D eigenvalue weighted by Crippen LogP contribution is 2.23. The molecule has 0 bridgehead atoms. The summed E-state index contributed by atoms with van der Waals surface area (Å²) in [5.74, 6) is -0.552. The second-order valence-electron chi connectivity index (χ2n) is 4.34. The predicted molar refractivity (Wildman–Crippen MR) is 72.5 cm³/mol. The Morgan fingerprint density at radius 3 is 2.37 bits per heavy atom. The molecule has 2 rings (SSSR count). The van der Waals surface area contributed by atoms with E-state index < -0.39 is 18.0 Å². The van der Waals surface area contributed by atoms with Crippen molar-refractivity contribution in [2.75, 3.05) is 0 Å². The Bertz CT molecular complexity index is 545. The van der Waals surface area contributed by atoms with Gasteiger partial charge in [0.05, 0.1) is 11.1 Å². The largest absolute Gasteiger partial charge is 0.390 e. The Hall–Kier alpha value is -1.42. The van der Waals surface area contributed by atoms with Gasteiger partial charge in [0.2, 0.25) is 0 Å². The van der Waals surface area contributed by atoms with Crippen LogP contribution >= 0.6 is 11.6 Å². The summed E-state index contributed by atoms with van der Waals surface area (Å²) in [5, 5.41) is 20.0. The molecule has 0 spiro atoms. The smallest absolute Gasteiger partial charge is 0.145 e. The van der Waals surface area contributed by atoms with Crippen molar-refractivity contribution in [1.29, 1.82) is 0 Å². The van der Waals surface area contributed by atoms with Crippen LogP contribution in [0.4, 0.5) is 4.39 Å². The summed E-state index contributed by atoms with van der Waals surface area (Å²) in [6, 6.07) is 13.4. The van der Waals surface area contributed by atoms with Gasteiger partial charge in [-0.15, -0.1) is 0 Å². The van der Waals surface area contributed by atoms with E-state index in [0.717, 1.165) is 0 Å². The lowest BCUT2D eigenvalue weighted by molar-refractivity contribution is 0.0185. The molecule has 0 aliphatic carbocycles. The average Bonchev–Trinajstić information content (AvgIpc) is 2.44. The van der Waals surface area contributed by atoms with E-state index in [2.05, 4.69) is 0 Å². The van der Waals surface area contributed by atoms with Gasteiger partial charge in [-0.3, -0.25) is 0 Å². The molecule has 19 heavy (non-hydrogen) atoms. The second-order valence-corrected chi connectivity index (χ2v) is 4.75. The molecule has 2 aromatic rings. The average molecular weight is 281 g/mol. The third-order valence-corrected chi connectivity index (χ3v) is 3.26. The Morgan fingerprint density at radius 2 is 1.68 bits per heavy atom. The highest BCUT2D eigenvalue weighted by atomic mass is 35.5. The van der Waals surface area contributed by atoms with E-state index in [4.69, 9.17) is 11.6 Å². The zero-order valence-corrected chi connectivity index (χ0v) is 10.9. The van der Waals surface area contributed by atoms with E-state index in [-0.39, 0.29) is 17.0 Å². The fraction of sp³-hybridized carbons (Fsp3) is 0.200. The van der Waals surface area contributed by atoms with Crippen molar-refractivity contribution in [3.05, 3.63) is 70.5 Å². The summed E-state index contributed by atoms with van der Waals surface area (Å²) in [6.07, 6.45) is -2.14. The second kappa shape index (κ2) is 6.15. The Morgan fingerprint density at radius 1 is 1.00 bits per heavy atom. The number of halogens is 2. The summed E-state index contributed by atoms with van der Waals surface area (Å²) in [4.78, 5) is 0. The fourth-order valence-corrected chi connectivity index (χ4v) is 2.11. The first kappa shape index (κ1) is 14.0. The van der Waals surface area contributed by atoms with Gasteiger partial charge in [0, 0.05) is 6.42 Å². The lowest BCUT2D eigenvalue weighted by Crippen LogP contribution is -2.21. The van der Waals surface area contributed by atoms with Crippen molar-refractivity contribution in [3.8, 4) is 0 Å². The molecule has 2 N–H and O–H groups in total. The van der Waals surface area contributed by atoms with Crippen molar-refractivity contribution < 1.29 is 14.6 Å². The third-order valence-electron chi connectivity index (χ3n) is 2.97. The van der Waals surface area contributed by atoms with E-state index in [9.17, 15) is 14.6 Å². The Labute approximate surface area is 116 Å². The molecule has 0 saturated carbocycles. The molecule has 0 radical (unpaired) electrons. The minimum absolute atomic E-state index is 0.00243. The van der Waals surface area contributed by atoms with Crippen molar-refractivity contribution in [1.82, 2.24) is 0 Å². The summed E-state index contributed by atoms with van der Waals surface area (Å²) in [7, 11) is 0. The quantitative estimate of drug-likeness (QED) is 0.903. The van der Waals surface area contributed by atoms with Crippen LogP contribution in [0.1, 0.15) is 17.2 Å². The lowest BCUT2D eigenvalue weighted by atomic mass is 9.98. The maximum absolute atomic E-state index is 13.7. The van der Waals surface area contributed by atoms with Crippen LogP contribution in [0.15, 0.2) is 48.5 Å². The van der Waals surface area contributed by atoms with Crippen LogP contribution in [0.5, 0.6) is 0 Å². The minimum atomic E-state index is -1.09. The molecule has 0 heterocycles. The van der Waals surface area contributed by atoms with Gasteiger partial charge in [-0.25, -0.2) is 4.39 Å². The number of aliphatic hydroxyl groups is 2. The molecule has 0 saturated heterocycles. The molecule has 0 aliphatic rings. The van der Waals surface area contributed by atoms with Crippen LogP contribution in [-0.4, -0.2) is 16.3 Å². The number of benzene rings is 2. The number of hydrogen-bond acceptors (Lipinski definition) is 2. The van der Waals surface area contributed by atoms with Gasteiger partial charge in [0.25, 0.3) is 0 Å². The monoisotopic (exact) mass is 280 g/mol. The van der Waals surface area contributed by atoms with Gasteiger partial charge < -0.3 is 10.2 Å². The van der Waals surface area contributed by atoms with Crippen LogP contribution in [0, 0.1) is 5.82 Å². The maximum atomic E-state index is 13.7. The molecule has 100 valence electrons. The van der Waals surface area contributed by atoms with Crippen molar-refractivity contribution in [2.24, 2.45) is 0 Å². The van der Waals surface area contributed by atoms with Crippen LogP contribution in [0.2, 0.25) is 5.02 Å². The van der Waals surface area contributed by atoms with Crippen LogP contribution in [-0.2, 0) is 6.42 Å². The predicted octanol–water partition coefficient (Wildman–Crippen LogP) is 3.12. The summed E-state index contributed by atoms with van der Waals surface area (Å²) < 4.78 is 13.7. The first-order valence-electron chi connectivity index (χ1n) is 5.93. The van der Waals surface area contributed by atoms with Crippen molar-refractivity contribution in [2.45, 2.75) is 18.6 Å². The molecule has 2 atom stereocenters. The third kappa shape index (κ3) is 3.32. The molecular formula is C15H14ClFO2. The number of aliphatic hydroxyl groups excluding tert-OH is 2. The molecule has 2 unspecified atom stereocenters. The summed E-state index contributed by atoms with van der Waals surface area (Å²) in [6.45, 7) is 0. The number of rotatable bonds is 4. The normalized spacial score (nSPS) is 14.1. The molecule has 0 aliphatic heterocycles. The molecule has 0 amide bonds. The van der Waals surface area contributed by atoms with Crippen molar-refractivity contribution >= 4 is 11.6 Å². The van der Waals surface area contributed by atoms with Gasteiger partial charge in [-0.1, -0.05) is 54.1 Å². The lowest BCUT2D eigenvalue weighted by Gasteiger charge is -2.18. The van der Waals surface area contributed by atoms with E-state index in [1.54, 1.807) is 36.4 Å². The van der Waals surface area contributed by atoms with E-state index >= 15 is 0 Å². The zero-order valence-electron chi connectivity index (χ0n) is 10.1. The highest BCUT2D eigenvalue weighted by Gasteiger charge is 2.20. The van der Waals surface area contributed by atoms with Crippen molar-refractivity contribution in [3.63, 3.8) is 0 Å². The number of hydrogen-bond donors (Lipinski definition) is 2. The Balaban J connectivity index is 2.13. The van der Waals surface area contributed by atoms with Gasteiger partial charge >= 0.3 is 0 Å². The summed E-state index contributed by atoms with van der Waals surface area (Å²) in [5.41, 5.74) is 0.882. The molecular weight excluding hydrogens is 267 g/mol. The van der Waals surface area contributed by atoms with Crippen LogP contribution < -0.4 is 0 Å². The molecule has 0 aromatic heterocycles. The van der Waals surface area contributed by atoms with E-state index in [1.165, 1.54) is 6.07 Å². The standard InChI is InChI=1S/C15H14ClFO2/c16-12-8-4-7-11(14(12)17)9-13(18)15(19)10-5-2-1-3-6-10/h1-8,13,15,18-19H,9H2. The first-order valence-corrected chi connectivity index (χ1v) is 6.31. The SMILES string of the molecule is OC(Cc1cccc(Cl)c1F)C(O)c1ccccc1. The van der Waals surface area contributed by atoms with Gasteiger partial charge in [0.15, 0.2) is 0 Å². The highest BCUT2D eigenvalue weighted by molar-refractivity contribution is 6.30. The first-order chi connectivity index (χ1) is 9.09.